The first-order chi connectivity index (χ1) is 13.8. The molecule has 2 aromatic carbocycles. The van der Waals surface area contributed by atoms with Crippen molar-refractivity contribution in [2.24, 2.45) is 7.05 Å². The Kier molecular flexibility index (Phi) is 6.82. The SMILES string of the molecule is Cc1cc(C)cc(NC(=O)CSc2nnc(COc3ccc(Cl)cc3C)n2C)c1. The number of nitrogens with zero attached hydrogens (tertiary/aromatic N) is 3. The van der Waals surface area contributed by atoms with E-state index in [-0.39, 0.29) is 18.3 Å². The van der Waals surface area contributed by atoms with Crippen molar-refractivity contribution in [2.45, 2.75) is 32.5 Å². The van der Waals surface area contributed by atoms with Crippen molar-refractivity contribution in [1.29, 1.82) is 0 Å². The van der Waals surface area contributed by atoms with Gasteiger partial charge < -0.3 is 14.6 Å². The minimum Gasteiger partial charge on any atom is -0.485 e. The van der Waals surface area contributed by atoms with E-state index in [1.165, 1.54) is 11.8 Å². The Labute approximate surface area is 179 Å². The van der Waals surface area contributed by atoms with E-state index in [9.17, 15) is 4.79 Å². The predicted molar refractivity (Wildman–Crippen MR) is 117 cm³/mol. The van der Waals surface area contributed by atoms with Crippen molar-refractivity contribution in [3.63, 3.8) is 0 Å². The molecule has 29 heavy (non-hydrogen) atoms. The average molecular weight is 431 g/mol. The van der Waals surface area contributed by atoms with Gasteiger partial charge in [0.25, 0.3) is 0 Å². The maximum atomic E-state index is 12.3. The first kappa shape index (κ1) is 21.2. The zero-order chi connectivity index (χ0) is 21.0. The van der Waals surface area contributed by atoms with Crippen LogP contribution in [-0.4, -0.2) is 26.4 Å². The smallest absolute Gasteiger partial charge is 0.234 e. The highest BCUT2D eigenvalue weighted by molar-refractivity contribution is 7.99. The molecule has 8 heteroatoms. The predicted octanol–water partition coefficient (Wildman–Crippen LogP) is 4.70. The zero-order valence-corrected chi connectivity index (χ0v) is 18.4. The number of aromatic nitrogens is 3. The molecule has 1 aromatic heterocycles. The van der Waals surface area contributed by atoms with E-state index in [1.807, 2.05) is 56.7 Å². The third kappa shape index (κ3) is 5.74. The summed E-state index contributed by atoms with van der Waals surface area (Å²) in [6.07, 6.45) is 0. The second-order valence-electron chi connectivity index (χ2n) is 6.87. The van der Waals surface area contributed by atoms with Crippen molar-refractivity contribution in [1.82, 2.24) is 14.8 Å². The van der Waals surface area contributed by atoms with E-state index in [1.54, 1.807) is 6.07 Å². The van der Waals surface area contributed by atoms with Gasteiger partial charge in [0.15, 0.2) is 11.0 Å². The molecule has 0 atom stereocenters. The fourth-order valence-electron chi connectivity index (χ4n) is 2.89. The van der Waals surface area contributed by atoms with Crippen LogP contribution < -0.4 is 10.1 Å². The lowest BCUT2D eigenvalue weighted by atomic mass is 10.1. The molecule has 0 aliphatic carbocycles. The number of hydrogen-bond acceptors (Lipinski definition) is 5. The van der Waals surface area contributed by atoms with Crippen LogP contribution in [0.1, 0.15) is 22.5 Å². The number of nitrogens with one attached hydrogen (secondary N) is 1. The average Bonchev–Trinajstić information content (AvgIpc) is 2.98. The molecule has 3 rings (SSSR count). The number of amides is 1. The van der Waals surface area contributed by atoms with Crippen LogP contribution in [0.25, 0.3) is 0 Å². The van der Waals surface area contributed by atoms with Gasteiger partial charge in [0.1, 0.15) is 12.4 Å². The molecule has 0 radical (unpaired) electrons. The van der Waals surface area contributed by atoms with Gasteiger partial charge in [-0.2, -0.15) is 0 Å². The molecule has 152 valence electrons. The Bertz CT molecular complexity index is 1020. The highest BCUT2D eigenvalue weighted by atomic mass is 35.5. The van der Waals surface area contributed by atoms with Gasteiger partial charge in [-0.25, -0.2) is 0 Å². The van der Waals surface area contributed by atoms with Gasteiger partial charge in [-0.3, -0.25) is 4.79 Å². The molecule has 0 aliphatic heterocycles. The number of ether oxygens (including phenoxy) is 1. The Morgan fingerprint density at radius 1 is 1.14 bits per heavy atom. The summed E-state index contributed by atoms with van der Waals surface area (Å²) >= 11 is 7.31. The molecule has 0 fully saturated rings. The third-order valence-corrected chi connectivity index (χ3v) is 5.51. The van der Waals surface area contributed by atoms with Gasteiger partial charge in [-0.15, -0.1) is 10.2 Å². The summed E-state index contributed by atoms with van der Waals surface area (Å²) in [5.41, 5.74) is 3.99. The first-order valence-electron chi connectivity index (χ1n) is 9.10. The van der Waals surface area contributed by atoms with Crippen LogP contribution in [0.3, 0.4) is 0 Å². The fourth-order valence-corrected chi connectivity index (χ4v) is 3.84. The molecule has 1 N–H and O–H groups in total. The summed E-state index contributed by atoms with van der Waals surface area (Å²) in [5.74, 6) is 1.59. The number of rotatable bonds is 7. The minimum atomic E-state index is -0.0856. The summed E-state index contributed by atoms with van der Waals surface area (Å²) in [6.45, 7) is 6.23. The maximum Gasteiger partial charge on any atom is 0.234 e. The largest absolute Gasteiger partial charge is 0.485 e. The van der Waals surface area contributed by atoms with Crippen LogP contribution in [0.2, 0.25) is 5.02 Å². The van der Waals surface area contributed by atoms with E-state index in [0.29, 0.717) is 16.0 Å². The van der Waals surface area contributed by atoms with E-state index in [2.05, 4.69) is 21.6 Å². The summed E-state index contributed by atoms with van der Waals surface area (Å²) in [4.78, 5) is 12.3. The van der Waals surface area contributed by atoms with Gasteiger partial charge in [0.05, 0.1) is 5.75 Å². The number of carbonyl (C=O) groups excluding carboxylic acids is 1. The molecular weight excluding hydrogens is 408 g/mol. The van der Waals surface area contributed by atoms with Gasteiger partial charge >= 0.3 is 0 Å². The van der Waals surface area contributed by atoms with Crippen LogP contribution in [0, 0.1) is 20.8 Å². The Morgan fingerprint density at radius 3 is 2.55 bits per heavy atom. The fraction of sp³-hybridized carbons (Fsp3) is 0.286. The molecule has 6 nitrogen and oxygen atoms in total. The molecule has 0 spiro atoms. The molecule has 0 saturated heterocycles. The second-order valence-corrected chi connectivity index (χ2v) is 8.25. The second kappa shape index (κ2) is 9.33. The molecular formula is C21H23ClN4O2S. The first-order valence-corrected chi connectivity index (χ1v) is 10.5. The standard InChI is InChI=1S/C21H23ClN4O2S/c1-13-7-14(2)9-17(8-13)23-20(27)12-29-21-25-24-19(26(21)4)11-28-18-6-5-16(22)10-15(18)3/h5-10H,11-12H2,1-4H3,(H,23,27). The van der Waals surface area contributed by atoms with Crippen LogP contribution in [0.15, 0.2) is 41.6 Å². The van der Waals surface area contributed by atoms with Gasteiger partial charge in [-0.05, 0) is 67.8 Å². The zero-order valence-electron chi connectivity index (χ0n) is 16.8. The summed E-state index contributed by atoms with van der Waals surface area (Å²) in [7, 11) is 1.86. The lowest BCUT2D eigenvalue weighted by molar-refractivity contribution is -0.113. The highest BCUT2D eigenvalue weighted by Gasteiger charge is 2.13. The van der Waals surface area contributed by atoms with Crippen LogP contribution in [-0.2, 0) is 18.4 Å². The van der Waals surface area contributed by atoms with Crippen molar-refractivity contribution in [3.8, 4) is 5.75 Å². The topological polar surface area (TPSA) is 69.0 Å². The molecule has 3 aromatic rings. The van der Waals surface area contributed by atoms with Gasteiger partial charge in [0, 0.05) is 17.8 Å². The number of halogens is 1. The van der Waals surface area contributed by atoms with Crippen LogP contribution in [0.4, 0.5) is 5.69 Å². The van der Waals surface area contributed by atoms with Crippen molar-refractivity contribution >= 4 is 35.0 Å². The Balaban J connectivity index is 1.55. The summed E-state index contributed by atoms with van der Waals surface area (Å²) < 4.78 is 7.66. The van der Waals surface area contributed by atoms with Gasteiger partial charge in [-0.1, -0.05) is 29.4 Å². The van der Waals surface area contributed by atoms with E-state index < -0.39 is 0 Å². The third-order valence-electron chi connectivity index (χ3n) is 4.26. The molecule has 0 unspecified atom stereocenters. The quantitative estimate of drug-likeness (QED) is 0.550. The lowest BCUT2D eigenvalue weighted by Crippen LogP contribution is -2.14. The van der Waals surface area contributed by atoms with E-state index in [4.69, 9.17) is 16.3 Å². The van der Waals surface area contributed by atoms with Gasteiger partial charge in [0.2, 0.25) is 5.91 Å². The Hall–Kier alpha value is -2.51. The molecule has 1 amide bonds. The monoisotopic (exact) mass is 430 g/mol. The number of thioether (sulfide) groups is 1. The van der Waals surface area contributed by atoms with Crippen LogP contribution >= 0.6 is 23.4 Å². The molecule has 1 heterocycles. The molecule has 0 bridgehead atoms. The lowest BCUT2D eigenvalue weighted by Gasteiger charge is -2.09. The summed E-state index contributed by atoms with van der Waals surface area (Å²) in [5, 5.41) is 12.6. The number of carbonyl (C=O) groups is 1. The van der Waals surface area contributed by atoms with Crippen LogP contribution in [0.5, 0.6) is 5.75 Å². The summed E-state index contributed by atoms with van der Waals surface area (Å²) in [6, 6.07) is 11.4. The number of hydrogen-bond donors (Lipinski definition) is 1. The van der Waals surface area contributed by atoms with Crippen molar-refractivity contribution < 1.29 is 9.53 Å². The number of anilines is 1. The van der Waals surface area contributed by atoms with Crippen molar-refractivity contribution in [2.75, 3.05) is 11.1 Å². The molecule has 0 saturated carbocycles. The molecule has 0 aliphatic rings. The number of benzene rings is 2. The number of aryl methyl sites for hydroxylation is 3. The minimum absolute atomic E-state index is 0.0856. The highest BCUT2D eigenvalue weighted by Crippen LogP contribution is 2.23. The van der Waals surface area contributed by atoms with Crippen molar-refractivity contribution in [3.05, 3.63) is 63.9 Å². The maximum absolute atomic E-state index is 12.3. The Morgan fingerprint density at radius 2 is 1.86 bits per heavy atom. The normalized spacial score (nSPS) is 10.8. The van der Waals surface area contributed by atoms with E-state index >= 15 is 0 Å². The van der Waals surface area contributed by atoms with E-state index in [0.717, 1.165) is 28.1 Å².